The summed E-state index contributed by atoms with van der Waals surface area (Å²) in [7, 11) is 0. The molecular weight excluding hydrogens is 359 g/mol. The van der Waals surface area contributed by atoms with Gasteiger partial charge in [0.2, 0.25) is 0 Å². The number of amides is 1. The average molecular weight is 381 g/mol. The van der Waals surface area contributed by atoms with Crippen molar-refractivity contribution in [3.05, 3.63) is 59.1 Å². The molecule has 2 N–H and O–H groups in total. The van der Waals surface area contributed by atoms with Crippen molar-refractivity contribution in [1.82, 2.24) is 5.32 Å². The summed E-state index contributed by atoms with van der Waals surface area (Å²) >= 11 is 5.81. The van der Waals surface area contributed by atoms with Crippen LogP contribution in [0.15, 0.2) is 48.5 Å². The third kappa shape index (κ3) is 5.92. The van der Waals surface area contributed by atoms with Crippen molar-refractivity contribution < 1.29 is 9.53 Å². The molecule has 1 amide bonds. The highest BCUT2D eigenvalue weighted by Gasteiger charge is 2.14. The summed E-state index contributed by atoms with van der Waals surface area (Å²) in [5, 5.41) is 6.91. The number of anilines is 1. The minimum absolute atomic E-state index is 0. The molecule has 1 heterocycles. The second-order valence-corrected chi connectivity index (χ2v) is 6.39. The molecule has 1 aliphatic heterocycles. The van der Waals surface area contributed by atoms with Gasteiger partial charge in [0.05, 0.1) is 0 Å². The Hall–Kier alpha value is -1.75. The lowest BCUT2D eigenvalue weighted by atomic mass is 9.92. The van der Waals surface area contributed by atoms with Gasteiger partial charge in [-0.1, -0.05) is 23.7 Å². The predicted octanol–water partition coefficient (Wildman–Crippen LogP) is 4.25. The Morgan fingerprint density at radius 2 is 1.88 bits per heavy atom. The maximum absolute atomic E-state index is 12.0. The molecule has 0 radical (unpaired) electrons. The van der Waals surface area contributed by atoms with Crippen LogP contribution >= 0.6 is 24.0 Å². The van der Waals surface area contributed by atoms with E-state index in [1.807, 2.05) is 12.1 Å². The molecule has 0 bridgehead atoms. The van der Waals surface area contributed by atoms with Crippen LogP contribution in [0.1, 0.15) is 24.3 Å². The molecule has 0 saturated carbocycles. The Morgan fingerprint density at radius 3 is 2.52 bits per heavy atom. The van der Waals surface area contributed by atoms with E-state index >= 15 is 0 Å². The van der Waals surface area contributed by atoms with Crippen molar-refractivity contribution in [2.24, 2.45) is 0 Å². The highest BCUT2D eigenvalue weighted by atomic mass is 35.5. The van der Waals surface area contributed by atoms with E-state index in [4.69, 9.17) is 16.3 Å². The fraction of sp³-hybridized carbons (Fsp3) is 0.316. The average Bonchev–Trinajstić information content (AvgIpc) is 2.63. The molecule has 4 nitrogen and oxygen atoms in total. The number of carbonyl (C=O) groups is 1. The minimum Gasteiger partial charge on any atom is -0.484 e. The first-order chi connectivity index (χ1) is 11.7. The molecule has 1 fully saturated rings. The second-order valence-electron chi connectivity index (χ2n) is 5.96. The van der Waals surface area contributed by atoms with Crippen LogP contribution in [0.5, 0.6) is 5.75 Å². The van der Waals surface area contributed by atoms with Gasteiger partial charge in [-0.3, -0.25) is 4.79 Å². The third-order valence-electron chi connectivity index (χ3n) is 4.15. The monoisotopic (exact) mass is 380 g/mol. The van der Waals surface area contributed by atoms with Crippen LogP contribution in [0.2, 0.25) is 5.02 Å². The topological polar surface area (TPSA) is 50.4 Å². The van der Waals surface area contributed by atoms with E-state index in [1.165, 1.54) is 18.4 Å². The molecule has 1 saturated heterocycles. The lowest BCUT2D eigenvalue weighted by Crippen LogP contribution is -2.28. The summed E-state index contributed by atoms with van der Waals surface area (Å²) in [6.07, 6.45) is 2.43. The van der Waals surface area contributed by atoms with Gasteiger partial charge in [0.15, 0.2) is 6.61 Å². The maximum Gasteiger partial charge on any atom is 0.262 e. The SMILES string of the molecule is Cl.O=C(COc1ccc(Cl)cc1)Nc1ccc([C@@H]2CCCNC2)cc1. The Bertz CT molecular complexity index is 669. The van der Waals surface area contributed by atoms with E-state index in [1.54, 1.807) is 24.3 Å². The Balaban J connectivity index is 0.00000225. The summed E-state index contributed by atoms with van der Waals surface area (Å²) in [5.74, 6) is 1.00. The van der Waals surface area contributed by atoms with E-state index < -0.39 is 0 Å². The first kappa shape index (κ1) is 19.6. The number of nitrogens with one attached hydrogen (secondary N) is 2. The van der Waals surface area contributed by atoms with Crippen molar-refractivity contribution in [3.8, 4) is 5.75 Å². The molecule has 0 spiro atoms. The second kappa shape index (κ2) is 9.66. The van der Waals surface area contributed by atoms with Gasteiger partial charge in [-0.25, -0.2) is 0 Å². The van der Waals surface area contributed by atoms with E-state index in [9.17, 15) is 4.79 Å². The van der Waals surface area contributed by atoms with Crippen LogP contribution in [-0.4, -0.2) is 25.6 Å². The molecule has 0 aliphatic carbocycles. The summed E-state index contributed by atoms with van der Waals surface area (Å²) in [6.45, 7) is 2.11. The van der Waals surface area contributed by atoms with Gasteiger partial charge in [-0.15, -0.1) is 12.4 Å². The molecule has 1 atom stereocenters. The number of halogens is 2. The number of benzene rings is 2. The van der Waals surface area contributed by atoms with Crippen LogP contribution in [0.3, 0.4) is 0 Å². The van der Waals surface area contributed by atoms with Crippen molar-refractivity contribution in [1.29, 1.82) is 0 Å². The van der Waals surface area contributed by atoms with Gasteiger partial charge in [0.25, 0.3) is 5.91 Å². The minimum atomic E-state index is -0.183. The highest BCUT2D eigenvalue weighted by molar-refractivity contribution is 6.30. The summed E-state index contributed by atoms with van der Waals surface area (Å²) < 4.78 is 5.43. The molecule has 134 valence electrons. The molecule has 6 heteroatoms. The number of piperidine rings is 1. The fourth-order valence-electron chi connectivity index (χ4n) is 2.85. The lowest BCUT2D eigenvalue weighted by molar-refractivity contribution is -0.118. The van der Waals surface area contributed by atoms with Crippen LogP contribution in [-0.2, 0) is 4.79 Å². The standard InChI is InChI=1S/C19H21ClN2O2.ClH/c20-16-5-9-18(10-6-16)24-13-19(23)22-17-7-3-14(4-8-17)15-2-1-11-21-12-15;/h3-10,15,21H,1-2,11-13H2,(H,22,23);1H/t15-;/m1./s1. The quantitative estimate of drug-likeness (QED) is 0.814. The molecule has 25 heavy (non-hydrogen) atoms. The molecule has 2 aromatic rings. The lowest BCUT2D eigenvalue weighted by Gasteiger charge is -2.23. The maximum atomic E-state index is 12.0. The zero-order valence-corrected chi connectivity index (χ0v) is 15.4. The number of hydrogen-bond donors (Lipinski definition) is 2. The smallest absolute Gasteiger partial charge is 0.262 e. The number of carbonyl (C=O) groups excluding carboxylic acids is 1. The van der Waals surface area contributed by atoms with Crippen molar-refractivity contribution in [3.63, 3.8) is 0 Å². The van der Waals surface area contributed by atoms with E-state index in [2.05, 4.69) is 22.8 Å². The number of ether oxygens (including phenoxy) is 1. The van der Waals surface area contributed by atoms with Gasteiger partial charge in [0, 0.05) is 17.3 Å². The summed E-state index contributed by atoms with van der Waals surface area (Å²) in [6, 6.07) is 15.0. The van der Waals surface area contributed by atoms with Crippen molar-refractivity contribution in [2.45, 2.75) is 18.8 Å². The third-order valence-corrected chi connectivity index (χ3v) is 4.40. The Morgan fingerprint density at radius 1 is 1.16 bits per heavy atom. The number of hydrogen-bond acceptors (Lipinski definition) is 3. The largest absolute Gasteiger partial charge is 0.484 e. The fourth-order valence-corrected chi connectivity index (χ4v) is 2.98. The molecule has 1 aliphatic rings. The van der Waals surface area contributed by atoms with E-state index in [0.717, 1.165) is 18.8 Å². The molecule has 0 unspecified atom stereocenters. The van der Waals surface area contributed by atoms with Crippen LogP contribution in [0.25, 0.3) is 0 Å². The van der Waals surface area contributed by atoms with Crippen LogP contribution < -0.4 is 15.4 Å². The van der Waals surface area contributed by atoms with Crippen molar-refractivity contribution in [2.75, 3.05) is 25.0 Å². The van der Waals surface area contributed by atoms with Gasteiger partial charge in [-0.2, -0.15) is 0 Å². The zero-order valence-electron chi connectivity index (χ0n) is 13.8. The van der Waals surface area contributed by atoms with E-state index in [-0.39, 0.29) is 24.9 Å². The van der Waals surface area contributed by atoms with Gasteiger partial charge in [0.1, 0.15) is 5.75 Å². The van der Waals surface area contributed by atoms with Crippen molar-refractivity contribution >= 4 is 35.6 Å². The zero-order chi connectivity index (χ0) is 16.8. The van der Waals surface area contributed by atoms with Crippen LogP contribution in [0.4, 0.5) is 5.69 Å². The van der Waals surface area contributed by atoms with Gasteiger partial charge >= 0.3 is 0 Å². The Kier molecular flexibility index (Phi) is 7.56. The van der Waals surface area contributed by atoms with Crippen LogP contribution in [0, 0.1) is 0 Å². The molecule has 2 aromatic carbocycles. The molecule has 3 rings (SSSR count). The normalized spacial score (nSPS) is 16.6. The summed E-state index contributed by atoms with van der Waals surface area (Å²) in [5.41, 5.74) is 2.10. The Labute approximate surface area is 159 Å². The number of rotatable bonds is 5. The molecular formula is C19H22Cl2N2O2. The predicted molar refractivity (Wildman–Crippen MR) is 104 cm³/mol. The highest BCUT2D eigenvalue weighted by Crippen LogP contribution is 2.24. The van der Waals surface area contributed by atoms with Gasteiger partial charge < -0.3 is 15.4 Å². The summed E-state index contributed by atoms with van der Waals surface area (Å²) in [4.78, 5) is 12.0. The first-order valence-corrected chi connectivity index (χ1v) is 8.57. The van der Waals surface area contributed by atoms with E-state index in [0.29, 0.717) is 16.7 Å². The first-order valence-electron chi connectivity index (χ1n) is 8.19. The molecule has 0 aromatic heterocycles. The van der Waals surface area contributed by atoms with Gasteiger partial charge in [-0.05, 0) is 67.3 Å².